The molecule has 2 aliphatic rings. The molecule has 1 unspecified atom stereocenters. The van der Waals surface area contributed by atoms with E-state index in [0.717, 1.165) is 19.6 Å². The molecule has 3 heteroatoms. The zero-order valence-electron chi connectivity index (χ0n) is 11.3. The lowest BCUT2D eigenvalue weighted by atomic mass is 10.0. The third-order valence-electron chi connectivity index (χ3n) is 3.78. The predicted octanol–water partition coefficient (Wildman–Crippen LogP) is 2.75. The molecule has 0 bridgehead atoms. The highest BCUT2D eigenvalue weighted by Crippen LogP contribution is 2.26. The molecule has 1 atom stereocenters. The Hall–Kier alpha value is -1.58. The fourth-order valence-electron chi connectivity index (χ4n) is 2.51. The zero-order chi connectivity index (χ0) is 13.1. The van der Waals surface area contributed by atoms with Crippen LogP contribution in [-0.4, -0.2) is 35.7 Å². The van der Waals surface area contributed by atoms with Crippen molar-refractivity contribution in [2.24, 2.45) is 0 Å². The highest BCUT2D eigenvalue weighted by Gasteiger charge is 2.32. The number of allylic oxidation sites excluding steroid dienone is 2. The lowest BCUT2D eigenvalue weighted by molar-refractivity contribution is -0.205. The molecule has 1 fully saturated rings. The van der Waals surface area contributed by atoms with Gasteiger partial charge >= 0.3 is 0 Å². The van der Waals surface area contributed by atoms with Gasteiger partial charge in [0, 0.05) is 25.3 Å². The van der Waals surface area contributed by atoms with Crippen LogP contribution in [0.15, 0.2) is 54.8 Å². The topological polar surface area (TPSA) is 15.7 Å². The van der Waals surface area contributed by atoms with Gasteiger partial charge in [-0.05, 0) is 18.6 Å². The third-order valence-corrected chi connectivity index (χ3v) is 3.78. The summed E-state index contributed by atoms with van der Waals surface area (Å²) < 4.78 is 0. The van der Waals surface area contributed by atoms with Gasteiger partial charge in [-0.2, -0.15) is 0 Å². The van der Waals surface area contributed by atoms with E-state index in [4.69, 9.17) is 4.84 Å². The van der Waals surface area contributed by atoms with Gasteiger partial charge in [0.25, 0.3) is 0 Å². The van der Waals surface area contributed by atoms with Gasteiger partial charge < -0.3 is 0 Å². The van der Waals surface area contributed by atoms with Crippen LogP contribution in [0.5, 0.6) is 0 Å². The van der Waals surface area contributed by atoms with E-state index in [0.29, 0.717) is 12.1 Å². The summed E-state index contributed by atoms with van der Waals surface area (Å²) >= 11 is 0. The van der Waals surface area contributed by atoms with Gasteiger partial charge in [0.2, 0.25) is 0 Å². The third kappa shape index (κ3) is 2.88. The standard InChI is InChI=1S/C16H20N2O/c1-14(15-8-4-2-5-9-15)17-12-16(13-17)19-18-10-6-3-7-11-18/h2-10,14,16H,11-13H2,1H3. The fraction of sp³-hybridized carbons (Fsp3) is 0.375. The van der Waals surface area contributed by atoms with Crippen molar-refractivity contribution in [3.8, 4) is 0 Å². The summed E-state index contributed by atoms with van der Waals surface area (Å²) in [6.45, 7) is 5.12. The minimum atomic E-state index is 0.322. The molecule has 100 valence electrons. The molecule has 0 N–H and O–H groups in total. The first-order chi connectivity index (χ1) is 9.33. The Balaban J connectivity index is 1.47. The van der Waals surface area contributed by atoms with E-state index >= 15 is 0 Å². The van der Waals surface area contributed by atoms with Crippen LogP contribution in [0, 0.1) is 0 Å². The van der Waals surface area contributed by atoms with E-state index in [1.165, 1.54) is 5.56 Å². The summed E-state index contributed by atoms with van der Waals surface area (Å²) in [6.07, 6.45) is 8.46. The maximum atomic E-state index is 5.90. The van der Waals surface area contributed by atoms with Gasteiger partial charge in [0.05, 0.1) is 6.54 Å². The summed E-state index contributed by atoms with van der Waals surface area (Å²) in [7, 11) is 0. The lowest BCUT2D eigenvalue weighted by Crippen LogP contribution is -2.54. The Morgan fingerprint density at radius 1 is 1.16 bits per heavy atom. The van der Waals surface area contributed by atoms with E-state index in [9.17, 15) is 0 Å². The van der Waals surface area contributed by atoms with Crippen LogP contribution in [-0.2, 0) is 4.84 Å². The first kappa shape index (κ1) is 12.5. The summed E-state index contributed by atoms with van der Waals surface area (Å²) in [6, 6.07) is 11.1. The van der Waals surface area contributed by atoms with Crippen molar-refractivity contribution < 1.29 is 4.84 Å². The Morgan fingerprint density at radius 3 is 2.63 bits per heavy atom. The Kier molecular flexibility index (Phi) is 3.67. The Labute approximate surface area is 114 Å². The molecule has 2 heterocycles. The molecule has 3 nitrogen and oxygen atoms in total. The highest BCUT2D eigenvalue weighted by molar-refractivity contribution is 5.19. The van der Waals surface area contributed by atoms with E-state index in [1.807, 2.05) is 23.4 Å². The van der Waals surface area contributed by atoms with Gasteiger partial charge in [-0.3, -0.25) is 14.8 Å². The summed E-state index contributed by atoms with van der Waals surface area (Å²) in [4.78, 5) is 8.35. The lowest BCUT2D eigenvalue weighted by Gasteiger charge is -2.44. The maximum Gasteiger partial charge on any atom is 0.111 e. The molecule has 1 aromatic rings. The summed E-state index contributed by atoms with van der Waals surface area (Å²) in [5.41, 5.74) is 1.38. The quantitative estimate of drug-likeness (QED) is 0.824. The van der Waals surface area contributed by atoms with Crippen molar-refractivity contribution in [3.05, 3.63) is 60.3 Å². The molecule has 1 aromatic carbocycles. The number of likely N-dealkylation sites (tertiary alicyclic amines) is 1. The molecular weight excluding hydrogens is 236 g/mol. The van der Waals surface area contributed by atoms with Crippen LogP contribution >= 0.6 is 0 Å². The largest absolute Gasteiger partial charge is 0.291 e. The van der Waals surface area contributed by atoms with E-state index in [-0.39, 0.29) is 0 Å². The van der Waals surface area contributed by atoms with Crippen molar-refractivity contribution in [3.63, 3.8) is 0 Å². The van der Waals surface area contributed by atoms with Crippen LogP contribution in [0.2, 0.25) is 0 Å². The van der Waals surface area contributed by atoms with E-state index < -0.39 is 0 Å². The van der Waals surface area contributed by atoms with E-state index in [2.05, 4.69) is 48.2 Å². The van der Waals surface area contributed by atoms with Crippen LogP contribution in [0.1, 0.15) is 18.5 Å². The summed E-state index contributed by atoms with van der Waals surface area (Å²) in [5.74, 6) is 0. The van der Waals surface area contributed by atoms with Crippen LogP contribution in [0.25, 0.3) is 0 Å². The van der Waals surface area contributed by atoms with Crippen molar-refractivity contribution in [2.75, 3.05) is 19.6 Å². The van der Waals surface area contributed by atoms with E-state index in [1.54, 1.807) is 0 Å². The zero-order valence-corrected chi connectivity index (χ0v) is 11.3. The smallest absolute Gasteiger partial charge is 0.111 e. The minimum absolute atomic E-state index is 0.322. The Bertz CT molecular complexity index is 463. The molecule has 1 saturated heterocycles. The number of benzene rings is 1. The SMILES string of the molecule is CC(c1ccccc1)N1CC(ON2C=CC=CC2)C1. The average Bonchev–Trinajstić information content (AvgIpc) is 2.44. The molecule has 0 aliphatic carbocycles. The minimum Gasteiger partial charge on any atom is -0.291 e. The second-order valence-electron chi connectivity index (χ2n) is 5.14. The molecular formula is C16H20N2O. The second kappa shape index (κ2) is 5.59. The van der Waals surface area contributed by atoms with Crippen LogP contribution < -0.4 is 0 Å². The highest BCUT2D eigenvalue weighted by atomic mass is 16.7. The Morgan fingerprint density at radius 2 is 1.95 bits per heavy atom. The number of hydrogen-bond acceptors (Lipinski definition) is 3. The number of rotatable bonds is 4. The van der Waals surface area contributed by atoms with Gasteiger partial charge in [0.1, 0.15) is 6.10 Å². The van der Waals surface area contributed by atoms with Crippen molar-refractivity contribution in [2.45, 2.75) is 19.1 Å². The molecule has 0 radical (unpaired) electrons. The molecule has 19 heavy (non-hydrogen) atoms. The number of hydroxylamine groups is 2. The molecule has 2 aliphatic heterocycles. The van der Waals surface area contributed by atoms with Gasteiger partial charge in [-0.25, -0.2) is 0 Å². The van der Waals surface area contributed by atoms with Gasteiger partial charge in [-0.1, -0.05) is 42.5 Å². The molecule has 3 rings (SSSR count). The molecule has 0 spiro atoms. The van der Waals surface area contributed by atoms with Crippen LogP contribution in [0.3, 0.4) is 0 Å². The first-order valence-corrected chi connectivity index (χ1v) is 6.88. The number of nitrogens with zero attached hydrogens (tertiary/aromatic N) is 2. The predicted molar refractivity (Wildman–Crippen MR) is 76.3 cm³/mol. The van der Waals surface area contributed by atoms with Crippen LogP contribution in [0.4, 0.5) is 0 Å². The molecule has 0 saturated carbocycles. The maximum absolute atomic E-state index is 5.90. The second-order valence-corrected chi connectivity index (χ2v) is 5.14. The first-order valence-electron chi connectivity index (χ1n) is 6.88. The summed E-state index contributed by atoms with van der Waals surface area (Å²) in [5, 5.41) is 1.91. The average molecular weight is 256 g/mol. The fourth-order valence-corrected chi connectivity index (χ4v) is 2.51. The van der Waals surface area contributed by atoms with Crippen molar-refractivity contribution in [1.82, 2.24) is 9.96 Å². The molecule has 0 aromatic heterocycles. The molecule has 0 amide bonds. The van der Waals surface area contributed by atoms with Crippen molar-refractivity contribution in [1.29, 1.82) is 0 Å². The van der Waals surface area contributed by atoms with Gasteiger partial charge in [-0.15, -0.1) is 0 Å². The normalized spacial score (nSPS) is 21.4. The van der Waals surface area contributed by atoms with Gasteiger partial charge in [0.15, 0.2) is 0 Å². The van der Waals surface area contributed by atoms with Crippen molar-refractivity contribution >= 4 is 0 Å². The monoisotopic (exact) mass is 256 g/mol. The number of hydrogen-bond donors (Lipinski definition) is 0.